The Morgan fingerprint density at radius 2 is 1.84 bits per heavy atom. The maximum atomic E-state index is 12.2. The number of anilines is 3. The Morgan fingerprint density at radius 1 is 1.10 bits per heavy atom. The third-order valence-corrected chi connectivity index (χ3v) is 3.91. The van der Waals surface area contributed by atoms with Crippen molar-refractivity contribution < 1.29 is 27.8 Å². The van der Waals surface area contributed by atoms with E-state index in [2.05, 4.69) is 25.0 Å². The van der Waals surface area contributed by atoms with Gasteiger partial charge in [-0.15, -0.1) is 0 Å². The van der Waals surface area contributed by atoms with Crippen LogP contribution in [0, 0.1) is 0 Å². The van der Waals surface area contributed by atoms with Crippen molar-refractivity contribution in [3.8, 4) is 11.5 Å². The quantitative estimate of drug-likeness (QED) is 0.492. The molecule has 0 radical (unpaired) electrons. The van der Waals surface area contributed by atoms with Crippen LogP contribution in [0.25, 0.3) is 0 Å². The molecule has 0 saturated carbocycles. The summed E-state index contributed by atoms with van der Waals surface area (Å²) in [5.74, 6) is 0.299. The van der Waals surface area contributed by atoms with Gasteiger partial charge in [0.15, 0.2) is 12.4 Å². The van der Waals surface area contributed by atoms with Crippen LogP contribution in [0.5, 0.6) is 11.5 Å². The highest BCUT2D eigenvalue weighted by Gasteiger charge is 2.11. The first-order chi connectivity index (χ1) is 14.9. The van der Waals surface area contributed by atoms with Crippen molar-refractivity contribution in [1.29, 1.82) is 0 Å². The lowest BCUT2D eigenvalue weighted by Crippen LogP contribution is -2.12. The van der Waals surface area contributed by atoms with Crippen molar-refractivity contribution in [1.82, 2.24) is 15.0 Å². The van der Waals surface area contributed by atoms with Crippen LogP contribution < -0.4 is 20.5 Å². The Labute approximate surface area is 176 Å². The number of hydrogen-bond acceptors (Lipinski definition) is 9. The molecule has 1 heterocycles. The summed E-state index contributed by atoms with van der Waals surface area (Å²) in [6.45, 7) is -3.13. The van der Waals surface area contributed by atoms with Crippen LogP contribution in [0.1, 0.15) is 11.4 Å². The Balaban J connectivity index is 1.59. The van der Waals surface area contributed by atoms with Crippen molar-refractivity contribution in [2.75, 3.05) is 18.2 Å². The van der Waals surface area contributed by atoms with E-state index in [1.54, 1.807) is 12.1 Å². The lowest BCUT2D eigenvalue weighted by atomic mass is 10.1. The normalized spacial score (nSPS) is 10.6. The average molecular weight is 431 g/mol. The molecule has 3 aromatic rings. The lowest BCUT2D eigenvalue weighted by Gasteiger charge is -2.11. The molecule has 0 aliphatic rings. The smallest absolute Gasteiger partial charge is 0.387 e. The highest BCUT2D eigenvalue weighted by Crippen LogP contribution is 2.25. The number of carbonyl (C=O) groups is 1. The van der Waals surface area contributed by atoms with E-state index in [1.165, 1.54) is 31.4 Å². The number of alkyl halides is 2. The molecule has 3 N–H and O–H groups in total. The van der Waals surface area contributed by atoms with Gasteiger partial charge in [0, 0.05) is 0 Å². The number of nitrogen functional groups attached to an aromatic ring is 1. The molecule has 0 aliphatic heterocycles. The first-order valence-corrected chi connectivity index (χ1v) is 9.03. The summed E-state index contributed by atoms with van der Waals surface area (Å²) in [7, 11) is 1.53. The summed E-state index contributed by atoms with van der Waals surface area (Å²) in [4.78, 5) is 24.2. The highest BCUT2D eigenvalue weighted by molar-refractivity contribution is 5.72. The number of carbonyl (C=O) groups excluding carboxylic acids is 1. The lowest BCUT2D eigenvalue weighted by molar-refractivity contribution is -0.144. The van der Waals surface area contributed by atoms with E-state index in [1.807, 2.05) is 12.1 Å². The number of hydrogen-bond donors (Lipinski definition) is 2. The van der Waals surface area contributed by atoms with E-state index in [4.69, 9.17) is 15.2 Å². The number of nitrogens with zero attached hydrogens (tertiary/aromatic N) is 3. The van der Waals surface area contributed by atoms with E-state index in [9.17, 15) is 13.6 Å². The van der Waals surface area contributed by atoms with Gasteiger partial charge in [0.05, 0.1) is 19.2 Å². The molecule has 0 atom stereocenters. The number of aromatic nitrogens is 3. The van der Waals surface area contributed by atoms with Crippen LogP contribution in [0.2, 0.25) is 0 Å². The molecule has 2 aromatic carbocycles. The average Bonchev–Trinajstić information content (AvgIpc) is 2.73. The van der Waals surface area contributed by atoms with Gasteiger partial charge in [-0.1, -0.05) is 24.3 Å². The summed E-state index contributed by atoms with van der Waals surface area (Å²) in [5.41, 5.74) is 6.92. The van der Waals surface area contributed by atoms with Crippen LogP contribution in [0.3, 0.4) is 0 Å². The van der Waals surface area contributed by atoms with Crippen LogP contribution in [-0.2, 0) is 22.6 Å². The largest absolute Gasteiger partial charge is 0.495 e. The number of nitrogens with two attached hydrogens (primary N) is 1. The van der Waals surface area contributed by atoms with Gasteiger partial charge in [0.1, 0.15) is 11.5 Å². The first-order valence-electron chi connectivity index (χ1n) is 9.03. The third kappa shape index (κ3) is 6.49. The number of ether oxygens (including phenoxy) is 3. The minimum Gasteiger partial charge on any atom is -0.495 e. The zero-order valence-corrected chi connectivity index (χ0v) is 16.4. The standard InChI is InChI=1S/C20H19F2N5O4/c1-29-15-5-3-2-4-14(15)24-20-26-16(25-19(23)27-20)11-30-17(28)10-12-6-8-13(9-7-12)31-18(21)22/h2-9,18H,10-11H2,1H3,(H3,23,24,25,26,27). The number of para-hydroxylation sites is 2. The van der Waals surface area contributed by atoms with E-state index in [0.29, 0.717) is 17.0 Å². The van der Waals surface area contributed by atoms with Crippen molar-refractivity contribution in [3.63, 3.8) is 0 Å². The van der Waals surface area contributed by atoms with Gasteiger partial charge in [-0.25, -0.2) is 0 Å². The van der Waals surface area contributed by atoms with Crippen LogP contribution in [0.15, 0.2) is 48.5 Å². The molecule has 0 aliphatic carbocycles. The predicted octanol–water partition coefficient (Wildman–Crippen LogP) is 3.09. The Kier molecular flexibility index (Phi) is 7.09. The minimum absolute atomic E-state index is 0.00264. The summed E-state index contributed by atoms with van der Waals surface area (Å²) in [6.07, 6.45) is -0.0676. The molecule has 31 heavy (non-hydrogen) atoms. The molecule has 0 fully saturated rings. The van der Waals surface area contributed by atoms with Crippen LogP contribution >= 0.6 is 0 Å². The molecule has 162 valence electrons. The maximum absolute atomic E-state index is 12.2. The SMILES string of the molecule is COc1ccccc1Nc1nc(N)nc(COC(=O)Cc2ccc(OC(F)F)cc2)n1. The second kappa shape index (κ2) is 10.1. The molecule has 0 spiro atoms. The summed E-state index contributed by atoms with van der Waals surface area (Å²) >= 11 is 0. The zero-order chi connectivity index (χ0) is 22.2. The molecular weight excluding hydrogens is 412 g/mol. The Morgan fingerprint density at radius 3 is 2.55 bits per heavy atom. The van der Waals surface area contributed by atoms with Gasteiger partial charge >= 0.3 is 12.6 Å². The van der Waals surface area contributed by atoms with Gasteiger partial charge in [0.2, 0.25) is 11.9 Å². The monoisotopic (exact) mass is 431 g/mol. The number of nitrogens with one attached hydrogen (secondary N) is 1. The van der Waals surface area contributed by atoms with E-state index < -0.39 is 12.6 Å². The first kappa shape index (κ1) is 21.7. The van der Waals surface area contributed by atoms with Crippen molar-refractivity contribution in [2.45, 2.75) is 19.6 Å². The van der Waals surface area contributed by atoms with Crippen LogP contribution in [0.4, 0.5) is 26.4 Å². The zero-order valence-electron chi connectivity index (χ0n) is 16.4. The van der Waals surface area contributed by atoms with Gasteiger partial charge in [-0.3, -0.25) is 4.79 Å². The molecule has 11 heteroatoms. The molecular formula is C20H19F2N5O4. The number of benzene rings is 2. The topological polar surface area (TPSA) is 121 Å². The number of methoxy groups -OCH3 is 1. The van der Waals surface area contributed by atoms with E-state index in [0.717, 1.165) is 0 Å². The summed E-state index contributed by atoms with van der Waals surface area (Å²) < 4.78 is 39.1. The van der Waals surface area contributed by atoms with Crippen molar-refractivity contribution in [3.05, 3.63) is 59.9 Å². The third-order valence-electron chi connectivity index (χ3n) is 3.91. The fourth-order valence-corrected chi connectivity index (χ4v) is 2.58. The highest BCUT2D eigenvalue weighted by atomic mass is 19.3. The van der Waals surface area contributed by atoms with E-state index in [-0.39, 0.29) is 36.5 Å². The maximum Gasteiger partial charge on any atom is 0.387 e. The van der Waals surface area contributed by atoms with Gasteiger partial charge in [0.25, 0.3) is 0 Å². The fraction of sp³-hybridized carbons (Fsp3) is 0.200. The van der Waals surface area contributed by atoms with Gasteiger partial charge < -0.3 is 25.3 Å². The molecule has 0 saturated heterocycles. The molecule has 0 bridgehead atoms. The number of halogens is 2. The van der Waals surface area contributed by atoms with Gasteiger partial charge in [-0.2, -0.15) is 23.7 Å². The molecule has 1 aromatic heterocycles. The second-order valence-electron chi connectivity index (χ2n) is 6.12. The molecule has 0 unspecified atom stereocenters. The predicted molar refractivity (Wildman–Crippen MR) is 107 cm³/mol. The fourth-order valence-electron chi connectivity index (χ4n) is 2.58. The van der Waals surface area contributed by atoms with Gasteiger partial charge in [-0.05, 0) is 29.8 Å². The van der Waals surface area contributed by atoms with E-state index >= 15 is 0 Å². The number of esters is 1. The van der Waals surface area contributed by atoms with Crippen molar-refractivity contribution >= 4 is 23.6 Å². The van der Waals surface area contributed by atoms with Crippen molar-refractivity contribution in [2.24, 2.45) is 0 Å². The molecule has 9 nitrogen and oxygen atoms in total. The molecule has 0 amide bonds. The minimum atomic E-state index is -2.91. The second-order valence-corrected chi connectivity index (χ2v) is 6.12. The number of rotatable bonds is 9. The summed E-state index contributed by atoms with van der Waals surface area (Å²) in [6, 6.07) is 12.8. The van der Waals surface area contributed by atoms with Crippen LogP contribution in [-0.4, -0.2) is 34.6 Å². The Bertz CT molecular complexity index is 1030. The summed E-state index contributed by atoms with van der Waals surface area (Å²) in [5, 5.41) is 2.98. The Hall–Kier alpha value is -4.02. The molecule has 3 rings (SSSR count).